The predicted octanol–water partition coefficient (Wildman–Crippen LogP) is 1.78. The van der Waals surface area contributed by atoms with E-state index in [0.29, 0.717) is 35.9 Å². The van der Waals surface area contributed by atoms with Crippen LogP contribution in [0.3, 0.4) is 0 Å². The standard InChI is InChI=1S/C19H23N5O3/c1-3-23-7-9-24(10-8-23)18(25)16-12-17(21-13-20-16)22-15-6-4-5-14(11-15)19(26)27-2/h4-6,11-13H,3,7-10H2,1-2H3,(H,20,21,22). The number of methoxy groups -OCH3 is 1. The maximum atomic E-state index is 12.7. The zero-order chi connectivity index (χ0) is 19.2. The van der Waals surface area contributed by atoms with Crippen molar-refractivity contribution in [1.29, 1.82) is 0 Å². The smallest absolute Gasteiger partial charge is 0.337 e. The number of rotatable bonds is 5. The largest absolute Gasteiger partial charge is 0.465 e. The van der Waals surface area contributed by atoms with Gasteiger partial charge in [0, 0.05) is 37.9 Å². The van der Waals surface area contributed by atoms with Crippen LogP contribution in [0.2, 0.25) is 0 Å². The van der Waals surface area contributed by atoms with Crippen molar-refractivity contribution in [2.75, 3.05) is 45.2 Å². The number of ether oxygens (including phenoxy) is 1. The molecule has 27 heavy (non-hydrogen) atoms. The van der Waals surface area contributed by atoms with Crippen molar-refractivity contribution in [2.45, 2.75) is 6.92 Å². The minimum Gasteiger partial charge on any atom is -0.465 e. The molecule has 2 aromatic rings. The lowest BCUT2D eigenvalue weighted by Crippen LogP contribution is -2.48. The normalized spacial score (nSPS) is 14.7. The van der Waals surface area contributed by atoms with Gasteiger partial charge >= 0.3 is 5.97 Å². The molecule has 1 aromatic carbocycles. The maximum Gasteiger partial charge on any atom is 0.337 e. The monoisotopic (exact) mass is 369 g/mol. The van der Waals surface area contributed by atoms with E-state index in [4.69, 9.17) is 4.74 Å². The van der Waals surface area contributed by atoms with Crippen LogP contribution in [0, 0.1) is 0 Å². The first-order valence-corrected chi connectivity index (χ1v) is 8.89. The summed E-state index contributed by atoms with van der Waals surface area (Å²) in [6.07, 6.45) is 1.36. The second kappa shape index (κ2) is 8.59. The number of piperazine rings is 1. The van der Waals surface area contributed by atoms with Gasteiger partial charge in [0.2, 0.25) is 0 Å². The molecule has 0 atom stereocenters. The van der Waals surface area contributed by atoms with Crippen molar-refractivity contribution in [3.05, 3.63) is 47.9 Å². The van der Waals surface area contributed by atoms with Crippen molar-refractivity contribution < 1.29 is 14.3 Å². The van der Waals surface area contributed by atoms with Crippen LogP contribution in [-0.4, -0.2) is 71.5 Å². The van der Waals surface area contributed by atoms with Crippen LogP contribution >= 0.6 is 0 Å². The van der Waals surface area contributed by atoms with Gasteiger partial charge in [-0.25, -0.2) is 14.8 Å². The van der Waals surface area contributed by atoms with Gasteiger partial charge < -0.3 is 19.9 Å². The SMILES string of the molecule is CCN1CCN(C(=O)c2cc(Nc3cccc(C(=O)OC)c3)ncn2)CC1. The molecule has 0 bridgehead atoms. The highest BCUT2D eigenvalue weighted by atomic mass is 16.5. The summed E-state index contributed by atoms with van der Waals surface area (Å²) in [5.41, 5.74) is 1.45. The van der Waals surface area contributed by atoms with Crippen LogP contribution in [0.1, 0.15) is 27.8 Å². The first-order valence-electron chi connectivity index (χ1n) is 8.89. The molecule has 1 fully saturated rings. The number of amides is 1. The van der Waals surface area contributed by atoms with Crippen LogP contribution in [-0.2, 0) is 4.74 Å². The van der Waals surface area contributed by atoms with Gasteiger partial charge in [0.05, 0.1) is 12.7 Å². The number of benzene rings is 1. The molecule has 1 amide bonds. The quantitative estimate of drug-likeness (QED) is 0.804. The van der Waals surface area contributed by atoms with E-state index in [0.717, 1.165) is 19.6 Å². The Balaban J connectivity index is 1.70. The van der Waals surface area contributed by atoms with Crippen LogP contribution in [0.5, 0.6) is 0 Å². The minimum absolute atomic E-state index is 0.0977. The van der Waals surface area contributed by atoms with Gasteiger partial charge in [0.15, 0.2) is 0 Å². The maximum absolute atomic E-state index is 12.7. The Morgan fingerprint density at radius 3 is 2.63 bits per heavy atom. The Bertz CT molecular complexity index is 818. The third kappa shape index (κ3) is 4.59. The van der Waals surface area contributed by atoms with E-state index in [1.807, 2.05) is 4.90 Å². The summed E-state index contributed by atoms with van der Waals surface area (Å²) in [7, 11) is 1.34. The molecule has 0 spiro atoms. The van der Waals surface area contributed by atoms with E-state index in [1.165, 1.54) is 13.4 Å². The fraction of sp³-hybridized carbons (Fsp3) is 0.368. The summed E-state index contributed by atoms with van der Waals surface area (Å²) in [5, 5.41) is 3.10. The third-order valence-electron chi connectivity index (χ3n) is 4.55. The number of likely N-dealkylation sites (N-methyl/N-ethyl adjacent to an activating group) is 1. The summed E-state index contributed by atoms with van der Waals surface area (Å²) in [6, 6.07) is 8.51. The number of carbonyl (C=O) groups excluding carboxylic acids is 2. The van der Waals surface area contributed by atoms with Crippen molar-refractivity contribution >= 4 is 23.4 Å². The van der Waals surface area contributed by atoms with E-state index >= 15 is 0 Å². The number of anilines is 2. The van der Waals surface area contributed by atoms with E-state index in [9.17, 15) is 9.59 Å². The van der Waals surface area contributed by atoms with Gasteiger partial charge in [-0.2, -0.15) is 0 Å². The Morgan fingerprint density at radius 2 is 1.93 bits per heavy atom. The van der Waals surface area contributed by atoms with E-state index in [-0.39, 0.29) is 5.91 Å². The molecular weight excluding hydrogens is 346 g/mol. The average molecular weight is 369 g/mol. The number of aromatic nitrogens is 2. The Labute approximate surface area is 158 Å². The first-order chi connectivity index (χ1) is 13.1. The number of nitrogens with zero attached hydrogens (tertiary/aromatic N) is 4. The number of hydrogen-bond donors (Lipinski definition) is 1. The van der Waals surface area contributed by atoms with Crippen LogP contribution in [0.15, 0.2) is 36.7 Å². The molecule has 3 rings (SSSR count). The fourth-order valence-corrected chi connectivity index (χ4v) is 2.96. The van der Waals surface area contributed by atoms with Crippen molar-refractivity contribution in [1.82, 2.24) is 19.8 Å². The summed E-state index contributed by atoms with van der Waals surface area (Å²) in [5.74, 6) is -0.0227. The van der Waals surface area contributed by atoms with E-state index < -0.39 is 5.97 Å². The predicted molar refractivity (Wildman–Crippen MR) is 101 cm³/mol. The summed E-state index contributed by atoms with van der Waals surface area (Å²) in [4.78, 5) is 36.8. The molecule has 1 aliphatic heterocycles. The molecule has 2 heterocycles. The number of hydrogen-bond acceptors (Lipinski definition) is 7. The minimum atomic E-state index is -0.413. The second-order valence-electron chi connectivity index (χ2n) is 6.21. The highest BCUT2D eigenvalue weighted by molar-refractivity contribution is 5.93. The van der Waals surface area contributed by atoms with E-state index in [2.05, 4.69) is 27.1 Å². The van der Waals surface area contributed by atoms with Crippen LogP contribution in [0.25, 0.3) is 0 Å². The molecular formula is C19H23N5O3. The summed E-state index contributed by atoms with van der Waals surface area (Å²) < 4.78 is 4.73. The highest BCUT2D eigenvalue weighted by Crippen LogP contribution is 2.17. The molecule has 0 saturated carbocycles. The van der Waals surface area contributed by atoms with Gasteiger partial charge in [-0.3, -0.25) is 4.79 Å². The van der Waals surface area contributed by atoms with Gasteiger partial charge in [-0.1, -0.05) is 13.0 Å². The molecule has 1 N–H and O–H groups in total. The average Bonchev–Trinajstić information content (AvgIpc) is 2.73. The number of nitrogens with one attached hydrogen (secondary N) is 1. The molecule has 1 saturated heterocycles. The zero-order valence-corrected chi connectivity index (χ0v) is 15.5. The summed E-state index contributed by atoms with van der Waals surface area (Å²) in [6.45, 7) is 6.25. The van der Waals surface area contributed by atoms with Gasteiger partial charge in [-0.15, -0.1) is 0 Å². The zero-order valence-electron chi connectivity index (χ0n) is 15.5. The molecule has 1 aliphatic rings. The molecule has 0 aliphatic carbocycles. The molecule has 1 aromatic heterocycles. The van der Waals surface area contributed by atoms with Crippen molar-refractivity contribution in [2.24, 2.45) is 0 Å². The Hall–Kier alpha value is -3.00. The highest BCUT2D eigenvalue weighted by Gasteiger charge is 2.22. The molecule has 8 nitrogen and oxygen atoms in total. The lowest BCUT2D eigenvalue weighted by atomic mass is 10.2. The fourth-order valence-electron chi connectivity index (χ4n) is 2.96. The van der Waals surface area contributed by atoms with Crippen molar-refractivity contribution in [3.63, 3.8) is 0 Å². The van der Waals surface area contributed by atoms with Crippen LogP contribution < -0.4 is 5.32 Å². The van der Waals surface area contributed by atoms with Crippen molar-refractivity contribution in [3.8, 4) is 0 Å². The number of carbonyl (C=O) groups is 2. The van der Waals surface area contributed by atoms with Gasteiger partial charge in [0.1, 0.15) is 17.8 Å². The molecule has 142 valence electrons. The molecule has 8 heteroatoms. The first kappa shape index (κ1) is 18.8. The van der Waals surface area contributed by atoms with Gasteiger partial charge in [0.25, 0.3) is 5.91 Å². The summed E-state index contributed by atoms with van der Waals surface area (Å²) >= 11 is 0. The van der Waals surface area contributed by atoms with Crippen LogP contribution in [0.4, 0.5) is 11.5 Å². The molecule has 0 radical (unpaired) electrons. The number of esters is 1. The third-order valence-corrected chi connectivity index (χ3v) is 4.55. The molecule has 0 unspecified atom stereocenters. The lowest BCUT2D eigenvalue weighted by molar-refractivity contribution is 0.0599. The van der Waals surface area contributed by atoms with Gasteiger partial charge in [-0.05, 0) is 24.7 Å². The topological polar surface area (TPSA) is 87.7 Å². The Kier molecular flexibility index (Phi) is 5.97. The lowest BCUT2D eigenvalue weighted by Gasteiger charge is -2.33. The Morgan fingerprint density at radius 1 is 1.15 bits per heavy atom. The second-order valence-corrected chi connectivity index (χ2v) is 6.21. The van der Waals surface area contributed by atoms with E-state index in [1.54, 1.807) is 30.3 Å².